The zero-order chi connectivity index (χ0) is 11.3. The Kier molecular flexibility index (Phi) is 2.02. The molecule has 4 atom stereocenters. The minimum Gasteiger partial charge on any atom is -0.394 e. The number of ether oxygens (including phenoxy) is 1. The number of anilines is 1. The molecule has 0 aromatic carbocycles. The van der Waals surface area contributed by atoms with E-state index in [1.165, 1.54) is 4.57 Å². The van der Waals surface area contributed by atoms with E-state index in [1.807, 2.05) is 0 Å². The van der Waals surface area contributed by atoms with Gasteiger partial charge in [0.15, 0.2) is 0 Å². The molecule has 1 saturated carbocycles. The van der Waals surface area contributed by atoms with Gasteiger partial charge in [-0.15, -0.1) is 0 Å². The number of rotatable bonds is 2. The molecule has 0 amide bonds. The van der Waals surface area contributed by atoms with Gasteiger partial charge in [0.2, 0.25) is 0 Å². The Hall–Kier alpha value is -1.40. The van der Waals surface area contributed by atoms with Gasteiger partial charge < -0.3 is 15.6 Å². The first-order valence-electron chi connectivity index (χ1n) is 5.31. The van der Waals surface area contributed by atoms with Crippen LogP contribution in [0.1, 0.15) is 12.6 Å². The lowest BCUT2D eigenvalue weighted by atomic mass is 10.2. The van der Waals surface area contributed by atoms with E-state index in [-0.39, 0.29) is 24.8 Å². The summed E-state index contributed by atoms with van der Waals surface area (Å²) in [6.07, 6.45) is 2.18. The normalized spacial score (nSPS) is 36.1. The lowest BCUT2D eigenvalue weighted by Gasteiger charge is -2.18. The van der Waals surface area contributed by atoms with Gasteiger partial charge in [-0.25, -0.2) is 4.79 Å². The van der Waals surface area contributed by atoms with Crippen molar-refractivity contribution in [2.75, 3.05) is 12.3 Å². The molecular weight excluding hydrogens is 210 g/mol. The van der Waals surface area contributed by atoms with E-state index in [2.05, 4.69) is 4.98 Å². The van der Waals surface area contributed by atoms with Crippen molar-refractivity contribution in [2.24, 2.45) is 11.8 Å². The van der Waals surface area contributed by atoms with Crippen LogP contribution in [0.25, 0.3) is 0 Å². The predicted octanol–water partition coefficient (Wildman–Crippen LogP) is -0.649. The number of hydrogen-bond acceptors (Lipinski definition) is 5. The zero-order valence-electron chi connectivity index (χ0n) is 8.61. The Morgan fingerprint density at radius 3 is 3.06 bits per heavy atom. The fraction of sp³-hybridized carbons (Fsp3) is 0.600. The van der Waals surface area contributed by atoms with Gasteiger partial charge in [-0.05, 0) is 18.4 Å². The third-order valence-corrected chi connectivity index (χ3v) is 3.35. The second-order valence-corrected chi connectivity index (χ2v) is 4.35. The number of fused-ring (bicyclic) bond motifs is 1. The lowest BCUT2D eigenvalue weighted by molar-refractivity contribution is -0.0516. The smallest absolute Gasteiger partial charge is 0.351 e. The number of nitrogens with zero attached hydrogens (tertiary/aromatic N) is 2. The molecule has 6 heteroatoms. The van der Waals surface area contributed by atoms with Crippen LogP contribution in [0, 0.1) is 11.8 Å². The second kappa shape index (κ2) is 3.29. The van der Waals surface area contributed by atoms with Crippen molar-refractivity contribution in [2.45, 2.75) is 18.8 Å². The third-order valence-electron chi connectivity index (χ3n) is 3.35. The highest BCUT2D eigenvalue weighted by Crippen LogP contribution is 2.56. The lowest BCUT2D eigenvalue weighted by Crippen LogP contribution is -2.29. The Balaban J connectivity index is 1.91. The van der Waals surface area contributed by atoms with E-state index in [9.17, 15) is 4.79 Å². The average molecular weight is 223 g/mol. The number of aliphatic hydroxyl groups excluding tert-OH is 1. The third kappa shape index (κ3) is 1.34. The SMILES string of the molecule is Nc1ccn(C2OC(CO)[C@H]3C[C@@H]23)c(=O)n1. The summed E-state index contributed by atoms with van der Waals surface area (Å²) in [6.45, 7) is 0.00875. The van der Waals surface area contributed by atoms with Crippen molar-refractivity contribution in [3.8, 4) is 0 Å². The molecular formula is C10H13N3O3. The minimum absolute atomic E-state index is 0.00875. The molecule has 0 bridgehead atoms. The Bertz CT molecular complexity index is 473. The van der Waals surface area contributed by atoms with Crippen LogP contribution in [0.2, 0.25) is 0 Å². The summed E-state index contributed by atoms with van der Waals surface area (Å²) in [5, 5.41) is 9.09. The Morgan fingerprint density at radius 2 is 2.44 bits per heavy atom. The molecule has 0 radical (unpaired) electrons. The van der Waals surface area contributed by atoms with Crippen molar-refractivity contribution in [3.63, 3.8) is 0 Å². The topological polar surface area (TPSA) is 90.4 Å². The Morgan fingerprint density at radius 1 is 1.62 bits per heavy atom. The van der Waals surface area contributed by atoms with Crippen LogP contribution in [0.4, 0.5) is 5.82 Å². The fourth-order valence-corrected chi connectivity index (χ4v) is 2.44. The first-order chi connectivity index (χ1) is 7.70. The van der Waals surface area contributed by atoms with Gasteiger partial charge in [-0.2, -0.15) is 4.98 Å². The Labute approximate surface area is 91.7 Å². The van der Waals surface area contributed by atoms with Gasteiger partial charge in [0.05, 0.1) is 12.7 Å². The molecule has 2 aliphatic rings. The quantitative estimate of drug-likeness (QED) is 0.695. The van der Waals surface area contributed by atoms with E-state index >= 15 is 0 Å². The second-order valence-electron chi connectivity index (χ2n) is 4.35. The molecule has 2 heterocycles. The van der Waals surface area contributed by atoms with Crippen LogP contribution < -0.4 is 11.4 Å². The monoisotopic (exact) mass is 223 g/mol. The molecule has 1 saturated heterocycles. The van der Waals surface area contributed by atoms with E-state index in [0.717, 1.165) is 6.42 Å². The summed E-state index contributed by atoms with van der Waals surface area (Å²) in [6, 6.07) is 1.58. The standard InChI is InChI=1S/C10H13N3O3/c11-8-1-2-13(10(15)12-8)9-6-3-5(6)7(4-14)16-9/h1-2,5-7,9,14H,3-4H2,(H2,11,12,15)/t5-,6+,7?,9?/m0/s1. The zero-order valence-corrected chi connectivity index (χ0v) is 8.61. The number of nitrogens with two attached hydrogens (primary N) is 1. The highest BCUT2D eigenvalue weighted by Gasteiger charge is 2.56. The van der Waals surface area contributed by atoms with Crippen molar-refractivity contribution in [3.05, 3.63) is 22.7 Å². The predicted molar refractivity (Wildman–Crippen MR) is 55.5 cm³/mol. The van der Waals surface area contributed by atoms with E-state index < -0.39 is 5.69 Å². The molecule has 0 spiro atoms. The largest absolute Gasteiger partial charge is 0.394 e. The molecule has 1 aliphatic heterocycles. The number of hydrogen-bond donors (Lipinski definition) is 2. The summed E-state index contributed by atoms with van der Waals surface area (Å²) < 4.78 is 7.07. The molecule has 1 aliphatic carbocycles. The van der Waals surface area contributed by atoms with E-state index in [0.29, 0.717) is 11.8 Å². The van der Waals surface area contributed by atoms with Crippen molar-refractivity contribution in [1.82, 2.24) is 9.55 Å². The van der Waals surface area contributed by atoms with E-state index in [4.69, 9.17) is 15.6 Å². The molecule has 3 rings (SSSR count). The van der Waals surface area contributed by atoms with Gasteiger partial charge in [-0.1, -0.05) is 0 Å². The van der Waals surface area contributed by atoms with Gasteiger partial charge in [0.1, 0.15) is 12.0 Å². The van der Waals surface area contributed by atoms with Crippen molar-refractivity contribution >= 4 is 5.82 Å². The van der Waals surface area contributed by atoms with E-state index in [1.54, 1.807) is 12.3 Å². The van der Waals surface area contributed by atoms with Crippen LogP contribution >= 0.6 is 0 Å². The molecule has 1 aromatic rings. The van der Waals surface area contributed by atoms with Crippen LogP contribution in [0.3, 0.4) is 0 Å². The summed E-state index contributed by atoms with van der Waals surface area (Å²) in [5.41, 5.74) is 5.03. The molecule has 1 aromatic heterocycles. The van der Waals surface area contributed by atoms with Crippen LogP contribution in [-0.2, 0) is 4.74 Å². The highest BCUT2D eigenvalue weighted by atomic mass is 16.5. The molecule has 2 unspecified atom stereocenters. The van der Waals surface area contributed by atoms with Gasteiger partial charge in [-0.3, -0.25) is 4.57 Å². The maximum atomic E-state index is 11.6. The minimum atomic E-state index is -0.394. The summed E-state index contributed by atoms with van der Waals surface area (Å²) in [4.78, 5) is 15.3. The molecule has 6 nitrogen and oxygen atoms in total. The highest BCUT2D eigenvalue weighted by molar-refractivity contribution is 5.23. The summed E-state index contributed by atoms with van der Waals surface area (Å²) >= 11 is 0. The van der Waals surface area contributed by atoms with Gasteiger partial charge in [0, 0.05) is 12.1 Å². The average Bonchev–Trinajstić information content (AvgIpc) is 2.96. The van der Waals surface area contributed by atoms with Crippen LogP contribution in [-0.4, -0.2) is 27.4 Å². The number of nitrogen functional groups attached to an aromatic ring is 1. The maximum absolute atomic E-state index is 11.6. The van der Waals surface area contributed by atoms with Crippen LogP contribution in [0.5, 0.6) is 0 Å². The molecule has 3 N–H and O–H groups in total. The van der Waals surface area contributed by atoms with Gasteiger partial charge >= 0.3 is 5.69 Å². The summed E-state index contributed by atoms with van der Waals surface area (Å²) in [5.74, 6) is 0.935. The fourth-order valence-electron chi connectivity index (χ4n) is 2.44. The molecule has 2 fully saturated rings. The molecule has 86 valence electrons. The van der Waals surface area contributed by atoms with Crippen molar-refractivity contribution < 1.29 is 9.84 Å². The maximum Gasteiger partial charge on any atom is 0.351 e. The number of aliphatic hydroxyl groups is 1. The first kappa shape index (κ1) is 9.80. The molecule has 16 heavy (non-hydrogen) atoms. The first-order valence-corrected chi connectivity index (χ1v) is 5.31. The van der Waals surface area contributed by atoms with Gasteiger partial charge in [0.25, 0.3) is 0 Å². The number of aromatic nitrogens is 2. The van der Waals surface area contributed by atoms with Crippen LogP contribution in [0.15, 0.2) is 17.1 Å². The van der Waals surface area contributed by atoms with Crippen molar-refractivity contribution in [1.29, 1.82) is 0 Å². The summed E-state index contributed by atoms with van der Waals surface area (Å²) in [7, 11) is 0.